The fraction of sp³-hybridized carbons (Fsp3) is 0.462. The molecule has 2 rings (SSSR count). The van der Waals surface area contributed by atoms with Crippen molar-refractivity contribution in [3.05, 3.63) is 29.8 Å². The van der Waals surface area contributed by atoms with E-state index in [4.69, 9.17) is 4.74 Å². The Labute approximate surface area is 102 Å². The highest BCUT2D eigenvalue weighted by Crippen LogP contribution is 2.25. The number of methoxy groups -OCH3 is 1. The van der Waals surface area contributed by atoms with Gasteiger partial charge in [0.05, 0.1) is 13.2 Å². The van der Waals surface area contributed by atoms with Crippen LogP contribution in [0.1, 0.15) is 18.5 Å². The number of piperazine rings is 1. The lowest BCUT2D eigenvalue weighted by molar-refractivity contribution is -0.132. The average molecular weight is 234 g/mol. The molecule has 0 saturated carbocycles. The number of hydrogen-bond acceptors (Lipinski definition) is 3. The minimum absolute atomic E-state index is 0.108. The van der Waals surface area contributed by atoms with Gasteiger partial charge in [-0.15, -0.1) is 0 Å². The first kappa shape index (κ1) is 11.9. The zero-order chi connectivity index (χ0) is 12.3. The number of ether oxygens (including phenoxy) is 1. The predicted octanol–water partition coefficient (Wildman–Crippen LogP) is 1.19. The van der Waals surface area contributed by atoms with E-state index in [9.17, 15) is 4.79 Å². The summed E-state index contributed by atoms with van der Waals surface area (Å²) in [5, 5.41) is 3.32. The summed E-state index contributed by atoms with van der Waals surface area (Å²) in [5.41, 5.74) is 1.12. The van der Waals surface area contributed by atoms with E-state index in [1.807, 2.05) is 29.2 Å². The van der Waals surface area contributed by atoms with E-state index in [1.54, 1.807) is 14.0 Å². The Bertz CT molecular complexity index is 406. The van der Waals surface area contributed by atoms with Crippen molar-refractivity contribution in [3.63, 3.8) is 0 Å². The van der Waals surface area contributed by atoms with E-state index in [1.165, 1.54) is 0 Å². The number of nitrogens with one attached hydrogen (secondary N) is 1. The largest absolute Gasteiger partial charge is 0.497 e. The molecule has 1 fully saturated rings. The van der Waals surface area contributed by atoms with Gasteiger partial charge >= 0.3 is 0 Å². The van der Waals surface area contributed by atoms with Gasteiger partial charge in [-0.05, 0) is 17.7 Å². The molecule has 0 spiro atoms. The van der Waals surface area contributed by atoms with Crippen LogP contribution >= 0.6 is 0 Å². The van der Waals surface area contributed by atoms with Crippen LogP contribution in [0.3, 0.4) is 0 Å². The second kappa shape index (κ2) is 5.19. The maximum absolute atomic E-state index is 11.6. The molecule has 0 aromatic heterocycles. The number of carbonyl (C=O) groups excluding carboxylic acids is 1. The Kier molecular flexibility index (Phi) is 3.64. The molecular formula is C13H18N2O2. The number of amides is 1. The first-order chi connectivity index (χ1) is 8.22. The van der Waals surface area contributed by atoms with E-state index in [0.29, 0.717) is 0 Å². The smallest absolute Gasteiger partial charge is 0.220 e. The molecule has 1 saturated heterocycles. The van der Waals surface area contributed by atoms with E-state index < -0.39 is 0 Å². The van der Waals surface area contributed by atoms with Crippen LogP contribution in [0.4, 0.5) is 0 Å². The normalized spacial score (nSPS) is 20.1. The molecule has 92 valence electrons. The molecule has 1 aromatic carbocycles. The number of rotatable bonds is 2. The first-order valence-electron chi connectivity index (χ1n) is 5.84. The second-order valence-corrected chi connectivity index (χ2v) is 4.21. The van der Waals surface area contributed by atoms with Crippen LogP contribution in [0.15, 0.2) is 24.3 Å². The maximum atomic E-state index is 11.6. The van der Waals surface area contributed by atoms with Gasteiger partial charge in [-0.25, -0.2) is 0 Å². The van der Waals surface area contributed by atoms with Crippen molar-refractivity contribution in [1.29, 1.82) is 0 Å². The van der Waals surface area contributed by atoms with Crippen molar-refractivity contribution in [3.8, 4) is 5.75 Å². The number of nitrogens with zero attached hydrogens (tertiary/aromatic N) is 1. The molecule has 1 heterocycles. The number of benzene rings is 1. The topological polar surface area (TPSA) is 41.6 Å². The lowest BCUT2D eigenvalue weighted by Gasteiger charge is -2.36. The Morgan fingerprint density at radius 3 is 3.06 bits per heavy atom. The van der Waals surface area contributed by atoms with Crippen LogP contribution in [-0.2, 0) is 4.79 Å². The van der Waals surface area contributed by atoms with Crippen LogP contribution in [0.2, 0.25) is 0 Å². The van der Waals surface area contributed by atoms with Crippen LogP contribution in [0, 0.1) is 0 Å². The zero-order valence-corrected chi connectivity index (χ0v) is 10.3. The highest BCUT2D eigenvalue weighted by molar-refractivity contribution is 5.74. The molecule has 0 aliphatic carbocycles. The third kappa shape index (κ3) is 2.58. The third-order valence-electron chi connectivity index (χ3n) is 3.13. The SMILES string of the molecule is COc1cccc(C2CNCCN2C(C)=O)c1. The molecule has 1 aliphatic heterocycles. The molecule has 1 N–H and O–H groups in total. The average Bonchev–Trinajstić information content (AvgIpc) is 2.39. The number of carbonyl (C=O) groups is 1. The molecule has 1 unspecified atom stereocenters. The Balaban J connectivity index is 2.26. The fourth-order valence-corrected chi connectivity index (χ4v) is 2.23. The van der Waals surface area contributed by atoms with Gasteiger partial charge in [0.15, 0.2) is 0 Å². The summed E-state index contributed by atoms with van der Waals surface area (Å²) in [6.07, 6.45) is 0. The van der Waals surface area contributed by atoms with Crippen LogP contribution in [0.25, 0.3) is 0 Å². The third-order valence-corrected chi connectivity index (χ3v) is 3.13. The van der Waals surface area contributed by atoms with Crippen molar-refractivity contribution >= 4 is 5.91 Å². The van der Waals surface area contributed by atoms with E-state index in [2.05, 4.69) is 5.32 Å². The molecule has 0 radical (unpaired) electrons. The lowest BCUT2D eigenvalue weighted by Crippen LogP contribution is -2.47. The second-order valence-electron chi connectivity index (χ2n) is 4.21. The Morgan fingerprint density at radius 2 is 2.35 bits per heavy atom. The zero-order valence-electron chi connectivity index (χ0n) is 10.3. The summed E-state index contributed by atoms with van der Waals surface area (Å²) in [5.74, 6) is 0.955. The molecule has 0 bridgehead atoms. The van der Waals surface area contributed by atoms with Crippen molar-refractivity contribution in [2.24, 2.45) is 0 Å². The molecule has 1 aliphatic rings. The standard InChI is InChI=1S/C13H18N2O2/c1-10(16)15-7-6-14-9-13(15)11-4-3-5-12(8-11)17-2/h3-5,8,13-14H,6-7,9H2,1-2H3. The van der Waals surface area contributed by atoms with Gasteiger partial charge in [-0.2, -0.15) is 0 Å². The molecular weight excluding hydrogens is 216 g/mol. The minimum Gasteiger partial charge on any atom is -0.497 e. The van der Waals surface area contributed by atoms with Gasteiger partial charge in [0.1, 0.15) is 5.75 Å². The highest BCUT2D eigenvalue weighted by atomic mass is 16.5. The summed E-state index contributed by atoms with van der Waals surface area (Å²) in [6, 6.07) is 8.01. The number of hydrogen-bond donors (Lipinski definition) is 1. The quantitative estimate of drug-likeness (QED) is 0.835. The summed E-state index contributed by atoms with van der Waals surface area (Å²) in [7, 11) is 1.65. The summed E-state index contributed by atoms with van der Waals surface area (Å²) >= 11 is 0. The van der Waals surface area contributed by atoms with Crippen molar-refractivity contribution < 1.29 is 9.53 Å². The van der Waals surface area contributed by atoms with Gasteiger partial charge in [0, 0.05) is 26.6 Å². The van der Waals surface area contributed by atoms with E-state index in [-0.39, 0.29) is 11.9 Å². The van der Waals surface area contributed by atoms with E-state index >= 15 is 0 Å². The van der Waals surface area contributed by atoms with Crippen molar-refractivity contribution in [2.75, 3.05) is 26.7 Å². The van der Waals surface area contributed by atoms with Crippen LogP contribution < -0.4 is 10.1 Å². The minimum atomic E-state index is 0.108. The van der Waals surface area contributed by atoms with Crippen LogP contribution in [-0.4, -0.2) is 37.6 Å². The highest BCUT2D eigenvalue weighted by Gasteiger charge is 2.25. The van der Waals surface area contributed by atoms with Gasteiger partial charge in [0.2, 0.25) is 5.91 Å². The molecule has 4 nitrogen and oxygen atoms in total. The fourth-order valence-electron chi connectivity index (χ4n) is 2.23. The summed E-state index contributed by atoms with van der Waals surface area (Å²) in [6.45, 7) is 4.04. The molecule has 1 amide bonds. The van der Waals surface area contributed by atoms with Gasteiger partial charge in [0.25, 0.3) is 0 Å². The van der Waals surface area contributed by atoms with Gasteiger partial charge < -0.3 is 15.0 Å². The first-order valence-corrected chi connectivity index (χ1v) is 5.84. The molecule has 17 heavy (non-hydrogen) atoms. The molecule has 4 heteroatoms. The maximum Gasteiger partial charge on any atom is 0.220 e. The van der Waals surface area contributed by atoms with Crippen molar-refractivity contribution in [1.82, 2.24) is 10.2 Å². The lowest BCUT2D eigenvalue weighted by atomic mass is 10.0. The monoisotopic (exact) mass is 234 g/mol. The van der Waals surface area contributed by atoms with E-state index in [0.717, 1.165) is 30.9 Å². The summed E-state index contributed by atoms with van der Waals surface area (Å²) < 4.78 is 5.22. The predicted molar refractivity (Wildman–Crippen MR) is 66.0 cm³/mol. The van der Waals surface area contributed by atoms with Gasteiger partial charge in [-0.3, -0.25) is 4.79 Å². The molecule has 1 atom stereocenters. The summed E-state index contributed by atoms with van der Waals surface area (Å²) in [4.78, 5) is 13.5. The Morgan fingerprint density at radius 1 is 1.53 bits per heavy atom. The van der Waals surface area contributed by atoms with Crippen molar-refractivity contribution in [2.45, 2.75) is 13.0 Å². The van der Waals surface area contributed by atoms with Crippen LogP contribution in [0.5, 0.6) is 5.75 Å². The Hall–Kier alpha value is -1.55. The molecule has 1 aromatic rings. The van der Waals surface area contributed by atoms with Gasteiger partial charge in [-0.1, -0.05) is 12.1 Å².